The Bertz CT molecular complexity index is 472. The van der Waals surface area contributed by atoms with Crippen LogP contribution < -0.4 is 0 Å². The van der Waals surface area contributed by atoms with E-state index < -0.39 is 10.1 Å². The predicted octanol–water partition coefficient (Wildman–Crippen LogP) is 2.22. The molecule has 0 aliphatic heterocycles. The van der Waals surface area contributed by atoms with Crippen molar-refractivity contribution >= 4 is 22.3 Å². The summed E-state index contributed by atoms with van der Waals surface area (Å²) >= 11 is 0. The zero-order valence-electron chi connectivity index (χ0n) is 7.47. The Balaban J connectivity index is 3.42. The Morgan fingerprint density at radius 1 is 1.14 bits per heavy atom. The third-order valence-corrected chi connectivity index (χ3v) is 2.65. The highest BCUT2D eigenvalue weighted by molar-refractivity contribution is 7.85. The van der Waals surface area contributed by atoms with Gasteiger partial charge in [0.25, 0.3) is 10.1 Å². The fraction of sp³-hybridized carbons (Fsp3) is 0. The molecule has 0 fully saturated rings. The molecule has 0 spiro atoms. The second-order valence-electron chi connectivity index (χ2n) is 2.67. The van der Waals surface area contributed by atoms with Gasteiger partial charge < -0.3 is 0 Å². The van der Waals surface area contributed by atoms with Crippen molar-refractivity contribution < 1.29 is 13.0 Å². The first-order chi connectivity index (χ1) is 6.49. The molecule has 14 heavy (non-hydrogen) atoms. The quantitative estimate of drug-likeness (QED) is 0.778. The van der Waals surface area contributed by atoms with Gasteiger partial charge in [0.2, 0.25) is 0 Å². The molecule has 4 heteroatoms. The molecule has 1 rings (SSSR count). The highest BCUT2D eigenvalue weighted by atomic mass is 32.2. The fourth-order valence-electron chi connectivity index (χ4n) is 1.08. The van der Waals surface area contributed by atoms with Crippen molar-refractivity contribution in [3.63, 3.8) is 0 Å². The van der Waals surface area contributed by atoms with Gasteiger partial charge in [-0.15, -0.1) is 0 Å². The van der Waals surface area contributed by atoms with E-state index in [-0.39, 0.29) is 4.90 Å². The maximum absolute atomic E-state index is 10.8. The monoisotopic (exact) mass is 210 g/mol. The molecule has 0 bridgehead atoms. The Hall–Kier alpha value is -1.39. The van der Waals surface area contributed by atoms with Crippen molar-refractivity contribution in [2.45, 2.75) is 4.90 Å². The van der Waals surface area contributed by atoms with Crippen molar-refractivity contribution in [2.75, 3.05) is 0 Å². The molecule has 3 nitrogen and oxygen atoms in total. The minimum absolute atomic E-state index is 0.141. The van der Waals surface area contributed by atoms with Crippen LogP contribution in [-0.2, 0) is 10.1 Å². The van der Waals surface area contributed by atoms with Gasteiger partial charge in [-0.3, -0.25) is 4.55 Å². The second kappa shape index (κ2) is 3.77. The van der Waals surface area contributed by atoms with Crippen LogP contribution in [0.5, 0.6) is 0 Å². The highest BCUT2D eigenvalue weighted by Gasteiger charge is 2.10. The fourth-order valence-corrected chi connectivity index (χ4v) is 1.59. The van der Waals surface area contributed by atoms with E-state index in [1.807, 2.05) is 0 Å². The molecule has 0 unspecified atom stereocenters. The lowest BCUT2D eigenvalue weighted by Crippen LogP contribution is -1.98. The lowest BCUT2D eigenvalue weighted by Gasteiger charge is -2.02. The first-order valence-electron chi connectivity index (χ1n) is 3.85. The van der Waals surface area contributed by atoms with Crippen LogP contribution in [-0.4, -0.2) is 13.0 Å². The molecule has 1 N–H and O–H groups in total. The molecule has 0 aromatic heterocycles. The number of hydrogen-bond donors (Lipinski definition) is 1. The number of hydrogen-bond acceptors (Lipinski definition) is 2. The van der Waals surface area contributed by atoms with E-state index in [2.05, 4.69) is 13.2 Å². The molecule has 0 radical (unpaired) electrons. The molecular formula is C10H10O3S. The lowest BCUT2D eigenvalue weighted by atomic mass is 10.1. The van der Waals surface area contributed by atoms with Gasteiger partial charge in [-0.25, -0.2) is 0 Å². The van der Waals surface area contributed by atoms with Gasteiger partial charge in [-0.1, -0.05) is 31.4 Å². The van der Waals surface area contributed by atoms with Crippen molar-refractivity contribution in [2.24, 2.45) is 0 Å². The van der Waals surface area contributed by atoms with E-state index in [1.54, 1.807) is 12.1 Å². The van der Waals surface area contributed by atoms with Gasteiger partial charge in [0, 0.05) is 0 Å². The molecule has 74 valence electrons. The average molecular weight is 210 g/mol. The van der Waals surface area contributed by atoms with E-state index in [0.717, 1.165) is 5.56 Å². The average Bonchev–Trinajstić information content (AvgIpc) is 2.15. The van der Waals surface area contributed by atoms with E-state index >= 15 is 0 Å². The van der Waals surface area contributed by atoms with Crippen LogP contribution in [0.3, 0.4) is 0 Å². The summed E-state index contributed by atoms with van der Waals surface area (Å²) in [7, 11) is -4.14. The maximum atomic E-state index is 10.8. The summed E-state index contributed by atoms with van der Waals surface area (Å²) in [5.74, 6) is 0. The van der Waals surface area contributed by atoms with E-state index in [1.165, 1.54) is 18.2 Å². The van der Waals surface area contributed by atoms with Crippen LogP contribution in [0.2, 0.25) is 0 Å². The van der Waals surface area contributed by atoms with Gasteiger partial charge >= 0.3 is 0 Å². The topological polar surface area (TPSA) is 54.4 Å². The molecule has 0 saturated carbocycles. The third kappa shape index (κ3) is 2.10. The standard InChI is InChI=1S/C10H10O3S/c1-3-8-5-6-10(14(11,12)13)7-9(8)4-2/h3-7H,1-2H2,(H,11,12,13). The summed E-state index contributed by atoms with van der Waals surface area (Å²) in [4.78, 5) is -0.141. The van der Waals surface area contributed by atoms with Crippen LogP contribution in [0.1, 0.15) is 11.1 Å². The van der Waals surface area contributed by atoms with Crippen molar-refractivity contribution in [1.29, 1.82) is 0 Å². The van der Waals surface area contributed by atoms with Crippen molar-refractivity contribution in [3.05, 3.63) is 42.5 Å². The minimum atomic E-state index is -4.14. The molecule has 0 aliphatic rings. The third-order valence-electron chi connectivity index (χ3n) is 1.80. The summed E-state index contributed by atoms with van der Waals surface area (Å²) in [5.41, 5.74) is 1.39. The molecule has 1 aromatic carbocycles. The molecule has 0 aliphatic carbocycles. The van der Waals surface area contributed by atoms with Crippen LogP contribution >= 0.6 is 0 Å². The van der Waals surface area contributed by atoms with Gasteiger partial charge in [-0.2, -0.15) is 8.42 Å². The SMILES string of the molecule is C=Cc1ccc(S(=O)(=O)O)cc1C=C. The van der Waals surface area contributed by atoms with E-state index in [9.17, 15) is 8.42 Å². The zero-order chi connectivity index (χ0) is 10.8. The molecule has 0 heterocycles. The van der Waals surface area contributed by atoms with E-state index in [4.69, 9.17) is 4.55 Å². The molecule has 1 aromatic rings. The first kappa shape index (κ1) is 10.7. The van der Waals surface area contributed by atoms with Gasteiger partial charge in [0.15, 0.2) is 0 Å². The largest absolute Gasteiger partial charge is 0.294 e. The number of rotatable bonds is 3. The van der Waals surface area contributed by atoms with Gasteiger partial charge in [-0.05, 0) is 23.3 Å². The van der Waals surface area contributed by atoms with Crippen molar-refractivity contribution in [3.8, 4) is 0 Å². The van der Waals surface area contributed by atoms with Crippen molar-refractivity contribution in [1.82, 2.24) is 0 Å². The second-order valence-corrected chi connectivity index (χ2v) is 4.10. The highest BCUT2D eigenvalue weighted by Crippen LogP contribution is 2.17. The van der Waals surface area contributed by atoms with Gasteiger partial charge in [0.05, 0.1) is 4.90 Å². The molecule has 0 atom stereocenters. The van der Waals surface area contributed by atoms with E-state index in [0.29, 0.717) is 5.56 Å². The molecular weight excluding hydrogens is 200 g/mol. The summed E-state index contributed by atoms with van der Waals surface area (Å²) in [6, 6.07) is 4.23. The Kier molecular flexibility index (Phi) is 2.88. The minimum Gasteiger partial charge on any atom is -0.282 e. The first-order valence-corrected chi connectivity index (χ1v) is 5.29. The van der Waals surface area contributed by atoms with Gasteiger partial charge in [0.1, 0.15) is 0 Å². The van der Waals surface area contributed by atoms with Crippen LogP contribution in [0.4, 0.5) is 0 Å². The van der Waals surface area contributed by atoms with Crippen LogP contribution in [0.25, 0.3) is 12.2 Å². The predicted molar refractivity (Wildman–Crippen MR) is 56.4 cm³/mol. The molecule has 0 saturated heterocycles. The zero-order valence-corrected chi connectivity index (χ0v) is 8.29. The smallest absolute Gasteiger partial charge is 0.282 e. The summed E-state index contributed by atoms with van der Waals surface area (Å²) < 4.78 is 30.4. The summed E-state index contributed by atoms with van der Waals surface area (Å²) in [5, 5.41) is 0. The summed E-state index contributed by atoms with van der Waals surface area (Å²) in [6.07, 6.45) is 3.09. The molecule has 0 amide bonds. The normalized spacial score (nSPS) is 10.9. The number of benzene rings is 1. The summed E-state index contributed by atoms with van der Waals surface area (Å²) in [6.45, 7) is 7.11. The Morgan fingerprint density at radius 2 is 1.71 bits per heavy atom. The maximum Gasteiger partial charge on any atom is 0.294 e. The Morgan fingerprint density at radius 3 is 2.14 bits per heavy atom. The Labute approximate surface area is 83.1 Å². The van der Waals surface area contributed by atoms with Crippen LogP contribution in [0.15, 0.2) is 36.3 Å². The lowest BCUT2D eigenvalue weighted by molar-refractivity contribution is 0.483. The van der Waals surface area contributed by atoms with Crippen LogP contribution in [0, 0.1) is 0 Å².